The van der Waals surface area contributed by atoms with Crippen molar-refractivity contribution in [2.45, 2.75) is 32.2 Å². The van der Waals surface area contributed by atoms with Crippen LogP contribution in [0.15, 0.2) is 41.1 Å². The van der Waals surface area contributed by atoms with E-state index < -0.39 is 0 Å². The highest BCUT2D eigenvalue weighted by atomic mass is 79.9. The van der Waals surface area contributed by atoms with Crippen LogP contribution in [0, 0.1) is 0 Å². The molecule has 0 bridgehead atoms. The van der Waals surface area contributed by atoms with E-state index in [9.17, 15) is 4.79 Å². The highest BCUT2D eigenvalue weighted by molar-refractivity contribution is 9.10. The quantitative estimate of drug-likeness (QED) is 0.866. The van der Waals surface area contributed by atoms with Crippen LogP contribution in [0.25, 0.3) is 0 Å². The molecule has 4 nitrogen and oxygen atoms in total. The lowest BCUT2D eigenvalue weighted by atomic mass is 10.1. The highest BCUT2D eigenvalue weighted by Crippen LogP contribution is 2.22. The number of amides is 1. The Morgan fingerprint density at radius 2 is 2.10 bits per heavy atom. The Hall–Kier alpha value is -1.62. The Kier molecular flexibility index (Phi) is 5.56. The summed E-state index contributed by atoms with van der Waals surface area (Å²) in [5.41, 5.74) is 1.03. The molecule has 0 spiro atoms. The first-order valence-electron chi connectivity index (χ1n) is 7.14. The number of nitrogens with one attached hydrogen (secondary N) is 1. The van der Waals surface area contributed by atoms with E-state index in [4.69, 9.17) is 0 Å². The molecule has 2 aromatic rings. The molecule has 1 N–H and O–H groups in total. The maximum atomic E-state index is 12.1. The van der Waals surface area contributed by atoms with Gasteiger partial charge >= 0.3 is 0 Å². The van der Waals surface area contributed by atoms with E-state index in [1.807, 2.05) is 42.1 Å². The molecular formula is C16H20BrN3O. The van der Waals surface area contributed by atoms with Gasteiger partial charge in [0.2, 0.25) is 5.91 Å². The number of hydrogen-bond donors (Lipinski definition) is 1. The van der Waals surface area contributed by atoms with Gasteiger partial charge in [-0.2, -0.15) is 0 Å². The summed E-state index contributed by atoms with van der Waals surface area (Å²) < 4.78 is 2.95. The van der Waals surface area contributed by atoms with Crippen LogP contribution in [0.3, 0.4) is 0 Å². The molecule has 0 saturated heterocycles. The predicted octanol–water partition coefficient (Wildman–Crippen LogP) is 3.58. The number of halogens is 1. The fourth-order valence-electron chi connectivity index (χ4n) is 2.18. The van der Waals surface area contributed by atoms with Crippen molar-refractivity contribution in [3.05, 3.63) is 52.5 Å². The molecule has 1 aromatic carbocycles. The van der Waals surface area contributed by atoms with Crippen molar-refractivity contribution in [1.82, 2.24) is 14.9 Å². The van der Waals surface area contributed by atoms with E-state index in [0.29, 0.717) is 6.42 Å². The van der Waals surface area contributed by atoms with Crippen LogP contribution in [0.4, 0.5) is 0 Å². The van der Waals surface area contributed by atoms with Gasteiger partial charge in [-0.15, -0.1) is 0 Å². The third-order valence-corrected chi connectivity index (χ3v) is 3.91. The van der Waals surface area contributed by atoms with Gasteiger partial charge in [0.15, 0.2) is 0 Å². The summed E-state index contributed by atoms with van der Waals surface area (Å²) in [5, 5.41) is 3.09. The molecule has 0 radical (unpaired) electrons. The maximum Gasteiger partial charge on any atom is 0.220 e. The molecule has 1 unspecified atom stereocenters. The fourth-order valence-corrected chi connectivity index (χ4v) is 2.44. The van der Waals surface area contributed by atoms with Crippen molar-refractivity contribution in [2.75, 3.05) is 0 Å². The van der Waals surface area contributed by atoms with Gasteiger partial charge in [0.05, 0.1) is 0 Å². The zero-order valence-corrected chi connectivity index (χ0v) is 13.9. The van der Waals surface area contributed by atoms with Crippen molar-refractivity contribution in [3.63, 3.8) is 0 Å². The van der Waals surface area contributed by atoms with E-state index in [2.05, 4.69) is 33.2 Å². The molecule has 1 aromatic heterocycles. The number of benzene rings is 1. The lowest BCUT2D eigenvalue weighted by Crippen LogP contribution is -2.30. The summed E-state index contributed by atoms with van der Waals surface area (Å²) in [4.78, 5) is 16.5. The molecule has 21 heavy (non-hydrogen) atoms. The number of imidazole rings is 1. The number of carbonyl (C=O) groups excluding carboxylic acids is 1. The Bertz CT molecular complexity index is 592. The van der Waals surface area contributed by atoms with Crippen LogP contribution in [-0.2, 0) is 11.8 Å². The molecule has 1 atom stereocenters. The Labute approximate surface area is 133 Å². The summed E-state index contributed by atoms with van der Waals surface area (Å²) in [7, 11) is 1.94. The lowest BCUT2D eigenvalue weighted by Gasteiger charge is -2.19. The van der Waals surface area contributed by atoms with Crippen LogP contribution < -0.4 is 5.32 Å². The zero-order chi connectivity index (χ0) is 15.2. The van der Waals surface area contributed by atoms with Gasteiger partial charge in [-0.05, 0) is 24.1 Å². The molecule has 0 aliphatic heterocycles. The second-order valence-corrected chi connectivity index (χ2v) is 5.97. The number of aryl methyl sites for hydroxylation is 1. The number of hydrogen-bond acceptors (Lipinski definition) is 2. The van der Waals surface area contributed by atoms with E-state index in [0.717, 1.165) is 28.7 Å². The molecule has 112 valence electrons. The highest BCUT2D eigenvalue weighted by Gasteiger charge is 2.20. The summed E-state index contributed by atoms with van der Waals surface area (Å²) in [6.45, 7) is 2.08. The average molecular weight is 350 g/mol. The largest absolute Gasteiger partial charge is 0.342 e. The summed E-state index contributed by atoms with van der Waals surface area (Å²) >= 11 is 3.43. The Balaban J connectivity index is 2.25. The molecular weight excluding hydrogens is 330 g/mol. The normalized spacial score (nSPS) is 12.1. The summed E-state index contributed by atoms with van der Waals surface area (Å²) in [5.74, 6) is 0.898. The van der Waals surface area contributed by atoms with Gasteiger partial charge in [-0.25, -0.2) is 4.98 Å². The SMILES string of the molecule is CCCCC(=O)NC(c1ccc(Br)cc1)c1nccn1C. The van der Waals surface area contributed by atoms with Crippen molar-refractivity contribution in [1.29, 1.82) is 0 Å². The van der Waals surface area contributed by atoms with Crippen LogP contribution >= 0.6 is 15.9 Å². The van der Waals surface area contributed by atoms with E-state index >= 15 is 0 Å². The standard InChI is InChI=1S/C16H20BrN3O/c1-3-4-5-14(21)19-15(16-18-10-11-20(16)2)12-6-8-13(17)9-7-12/h6-11,15H,3-5H2,1-2H3,(H,19,21). The van der Waals surface area contributed by atoms with Crippen molar-refractivity contribution in [2.24, 2.45) is 7.05 Å². The molecule has 1 amide bonds. The van der Waals surface area contributed by atoms with Crippen LogP contribution in [0.1, 0.15) is 43.6 Å². The first kappa shape index (κ1) is 15.8. The average Bonchev–Trinajstić information content (AvgIpc) is 2.89. The topological polar surface area (TPSA) is 46.9 Å². The number of unbranched alkanes of at least 4 members (excludes halogenated alkanes) is 1. The lowest BCUT2D eigenvalue weighted by molar-refractivity contribution is -0.121. The number of rotatable bonds is 6. The minimum atomic E-state index is -0.220. The van der Waals surface area contributed by atoms with Gasteiger partial charge in [-0.1, -0.05) is 41.4 Å². The third kappa shape index (κ3) is 4.17. The van der Waals surface area contributed by atoms with Crippen LogP contribution in [-0.4, -0.2) is 15.5 Å². The molecule has 5 heteroatoms. The van der Waals surface area contributed by atoms with Gasteiger partial charge in [0, 0.05) is 30.3 Å². The number of aromatic nitrogens is 2. The zero-order valence-electron chi connectivity index (χ0n) is 12.3. The molecule has 0 saturated carbocycles. The molecule has 0 aliphatic rings. The molecule has 0 fully saturated rings. The van der Waals surface area contributed by atoms with Gasteiger partial charge < -0.3 is 9.88 Å². The van der Waals surface area contributed by atoms with Crippen LogP contribution in [0.5, 0.6) is 0 Å². The predicted molar refractivity (Wildman–Crippen MR) is 86.9 cm³/mol. The van der Waals surface area contributed by atoms with Gasteiger partial charge in [0.1, 0.15) is 11.9 Å². The fraction of sp³-hybridized carbons (Fsp3) is 0.375. The van der Waals surface area contributed by atoms with Crippen LogP contribution in [0.2, 0.25) is 0 Å². The second-order valence-electron chi connectivity index (χ2n) is 5.05. The Morgan fingerprint density at radius 1 is 1.38 bits per heavy atom. The van der Waals surface area contributed by atoms with E-state index in [1.54, 1.807) is 6.20 Å². The van der Waals surface area contributed by atoms with E-state index in [-0.39, 0.29) is 11.9 Å². The molecule has 1 heterocycles. The first-order chi connectivity index (χ1) is 10.1. The maximum absolute atomic E-state index is 12.1. The molecule has 2 rings (SSSR count). The summed E-state index contributed by atoms with van der Waals surface area (Å²) in [6, 6.07) is 7.74. The van der Waals surface area contributed by atoms with E-state index in [1.165, 1.54) is 0 Å². The van der Waals surface area contributed by atoms with Crippen molar-refractivity contribution < 1.29 is 4.79 Å². The summed E-state index contributed by atoms with van der Waals surface area (Å²) in [6.07, 6.45) is 6.10. The number of nitrogens with zero attached hydrogens (tertiary/aromatic N) is 2. The number of carbonyl (C=O) groups is 1. The van der Waals surface area contributed by atoms with Gasteiger partial charge in [-0.3, -0.25) is 4.79 Å². The molecule has 0 aliphatic carbocycles. The smallest absolute Gasteiger partial charge is 0.220 e. The monoisotopic (exact) mass is 349 g/mol. The second kappa shape index (κ2) is 7.41. The minimum Gasteiger partial charge on any atom is -0.342 e. The van der Waals surface area contributed by atoms with Crippen molar-refractivity contribution >= 4 is 21.8 Å². The third-order valence-electron chi connectivity index (χ3n) is 3.38. The van der Waals surface area contributed by atoms with Gasteiger partial charge in [0.25, 0.3) is 0 Å². The minimum absolute atomic E-state index is 0.0627. The Morgan fingerprint density at radius 3 is 2.67 bits per heavy atom. The van der Waals surface area contributed by atoms with Crippen molar-refractivity contribution in [3.8, 4) is 0 Å². The first-order valence-corrected chi connectivity index (χ1v) is 7.93.